The molecule has 0 radical (unpaired) electrons. The lowest BCUT2D eigenvalue weighted by Crippen LogP contribution is -2.31. The van der Waals surface area contributed by atoms with E-state index in [1.165, 1.54) is 6.07 Å². The first-order chi connectivity index (χ1) is 8.08. The number of aliphatic hydroxyl groups excluding tert-OH is 1. The zero-order chi connectivity index (χ0) is 12.4. The van der Waals surface area contributed by atoms with Crippen molar-refractivity contribution in [2.75, 3.05) is 19.1 Å². The Hall–Kier alpha value is -1.95. The van der Waals surface area contributed by atoms with Gasteiger partial charge in [-0.1, -0.05) is 0 Å². The number of nitrogens with one attached hydrogen (secondary N) is 1. The van der Waals surface area contributed by atoms with Crippen LogP contribution in [0.15, 0.2) is 12.1 Å². The van der Waals surface area contributed by atoms with Gasteiger partial charge in [-0.3, -0.25) is 4.79 Å². The lowest BCUT2D eigenvalue weighted by atomic mass is 10.1. The highest BCUT2D eigenvalue weighted by Crippen LogP contribution is 2.35. The average Bonchev–Trinajstić information content (AvgIpc) is 2.71. The van der Waals surface area contributed by atoms with E-state index in [1.807, 2.05) is 0 Å². The van der Waals surface area contributed by atoms with Gasteiger partial charge in [-0.05, 0) is 13.0 Å². The molecule has 6 heteroatoms. The molecule has 1 amide bonds. The third kappa shape index (κ3) is 2.42. The largest absolute Gasteiger partial charge is 0.454 e. The molecule has 92 valence electrons. The molecule has 0 saturated carbocycles. The zero-order valence-electron chi connectivity index (χ0n) is 9.40. The van der Waals surface area contributed by atoms with Gasteiger partial charge in [0, 0.05) is 18.3 Å². The van der Waals surface area contributed by atoms with Gasteiger partial charge < -0.3 is 25.6 Å². The fourth-order valence-corrected chi connectivity index (χ4v) is 1.49. The number of aliphatic hydroxyl groups is 1. The number of nitrogen functional groups attached to an aromatic ring is 1. The lowest BCUT2D eigenvalue weighted by molar-refractivity contribution is 0.0924. The molecule has 1 atom stereocenters. The van der Waals surface area contributed by atoms with Crippen molar-refractivity contribution in [2.45, 2.75) is 13.0 Å². The molecule has 0 aliphatic carbocycles. The van der Waals surface area contributed by atoms with Crippen LogP contribution in [0.25, 0.3) is 0 Å². The summed E-state index contributed by atoms with van der Waals surface area (Å²) in [5.74, 6) is 0.692. The van der Waals surface area contributed by atoms with E-state index in [4.69, 9.17) is 20.3 Å². The van der Waals surface area contributed by atoms with Crippen LogP contribution in [0, 0.1) is 0 Å². The number of hydrogen-bond donors (Lipinski definition) is 3. The Labute approximate surface area is 98.3 Å². The number of anilines is 1. The standard InChI is InChI=1S/C11H14N2O4/c1-6(14)4-13-11(15)7-2-9-10(3-8(7)12)17-5-16-9/h2-3,6,14H,4-5,12H2,1H3,(H,13,15)/t6-/m1/s1. The molecule has 0 fully saturated rings. The Bertz CT molecular complexity index is 445. The van der Waals surface area contributed by atoms with Gasteiger partial charge >= 0.3 is 0 Å². The van der Waals surface area contributed by atoms with E-state index in [-0.39, 0.29) is 19.2 Å². The van der Waals surface area contributed by atoms with Gasteiger partial charge in [0.05, 0.1) is 11.7 Å². The van der Waals surface area contributed by atoms with Crippen molar-refractivity contribution in [2.24, 2.45) is 0 Å². The van der Waals surface area contributed by atoms with E-state index in [1.54, 1.807) is 13.0 Å². The molecule has 1 aromatic carbocycles. The van der Waals surface area contributed by atoms with Crippen molar-refractivity contribution in [1.29, 1.82) is 0 Å². The maximum absolute atomic E-state index is 11.8. The normalized spacial score (nSPS) is 14.5. The zero-order valence-corrected chi connectivity index (χ0v) is 9.40. The minimum Gasteiger partial charge on any atom is -0.454 e. The molecule has 0 unspecified atom stereocenters. The minimum absolute atomic E-state index is 0.132. The van der Waals surface area contributed by atoms with Crippen LogP contribution in [0.3, 0.4) is 0 Å². The average molecular weight is 238 g/mol. The number of nitrogens with two attached hydrogens (primary N) is 1. The summed E-state index contributed by atoms with van der Waals surface area (Å²) < 4.78 is 10.3. The van der Waals surface area contributed by atoms with Crippen molar-refractivity contribution >= 4 is 11.6 Å². The van der Waals surface area contributed by atoms with Crippen molar-refractivity contribution in [3.63, 3.8) is 0 Å². The van der Waals surface area contributed by atoms with Gasteiger partial charge in [0.25, 0.3) is 5.91 Å². The summed E-state index contributed by atoms with van der Waals surface area (Å²) in [5, 5.41) is 11.6. The number of ether oxygens (including phenoxy) is 2. The molecule has 4 N–H and O–H groups in total. The van der Waals surface area contributed by atoms with Gasteiger partial charge in [-0.2, -0.15) is 0 Å². The molecule has 1 aromatic rings. The number of benzene rings is 1. The number of hydrogen-bond acceptors (Lipinski definition) is 5. The summed E-state index contributed by atoms with van der Waals surface area (Å²) in [6.07, 6.45) is -0.603. The number of carbonyl (C=O) groups excluding carboxylic acids is 1. The number of amides is 1. The summed E-state index contributed by atoms with van der Waals surface area (Å²) in [5.41, 5.74) is 6.37. The molecule has 1 aliphatic heterocycles. The van der Waals surface area contributed by atoms with E-state index < -0.39 is 6.10 Å². The van der Waals surface area contributed by atoms with Gasteiger partial charge in [0.2, 0.25) is 6.79 Å². The van der Waals surface area contributed by atoms with Crippen LogP contribution in [0.5, 0.6) is 11.5 Å². The molecule has 6 nitrogen and oxygen atoms in total. The predicted octanol–water partition coefficient (Wildman–Crippen LogP) is 0.108. The molecule has 0 bridgehead atoms. The monoisotopic (exact) mass is 238 g/mol. The second-order valence-corrected chi connectivity index (χ2v) is 3.85. The van der Waals surface area contributed by atoms with Crippen LogP contribution >= 0.6 is 0 Å². The van der Waals surface area contributed by atoms with Crippen molar-refractivity contribution in [3.8, 4) is 11.5 Å². The van der Waals surface area contributed by atoms with Crippen molar-refractivity contribution in [1.82, 2.24) is 5.32 Å². The highest BCUT2D eigenvalue weighted by molar-refractivity contribution is 6.00. The highest BCUT2D eigenvalue weighted by Gasteiger charge is 2.19. The second-order valence-electron chi connectivity index (χ2n) is 3.85. The van der Waals surface area contributed by atoms with Gasteiger partial charge in [-0.15, -0.1) is 0 Å². The first-order valence-corrected chi connectivity index (χ1v) is 5.23. The van der Waals surface area contributed by atoms with Crippen LogP contribution in [-0.4, -0.2) is 30.5 Å². The van der Waals surface area contributed by atoms with Crippen LogP contribution in [0.1, 0.15) is 17.3 Å². The Kier molecular flexibility index (Phi) is 3.06. The molecule has 1 heterocycles. The fraction of sp³-hybridized carbons (Fsp3) is 0.364. The van der Waals surface area contributed by atoms with Crippen LogP contribution in [0.4, 0.5) is 5.69 Å². The molecule has 17 heavy (non-hydrogen) atoms. The SMILES string of the molecule is C[C@@H](O)CNC(=O)c1cc2c(cc1N)OCO2. The first kappa shape index (κ1) is 11.5. The topological polar surface area (TPSA) is 93.8 Å². The highest BCUT2D eigenvalue weighted by atomic mass is 16.7. The summed E-state index contributed by atoms with van der Waals surface area (Å²) in [7, 11) is 0. The molecular formula is C11H14N2O4. The minimum atomic E-state index is -0.603. The summed E-state index contributed by atoms with van der Waals surface area (Å²) in [6, 6.07) is 3.09. The van der Waals surface area contributed by atoms with E-state index in [0.717, 1.165) is 0 Å². The van der Waals surface area contributed by atoms with Gasteiger partial charge in [0.15, 0.2) is 11.5 Å². The first-order valence-electron chi connectivity index (χ1n) is 5.23. The van der Waals surface area contributed by atoms with E-state index in [9.17, 15) is 4.79 Å². The van der Waals surface area contributed by atoms with Crippen LogP contribution in [-0.2, 0) is 0 Å². The van der Waals surface area contributed by atoms with E-state index in [2.05, 4.69) is 5.32 Å². The van der Waals surface area contributed by atoms with Crippen LogP contribution < -0.4 is 20.5 Å². The quantitative estimate of drug-likeness (QED) is 0.650. The third-order valence-electron chi connectivity index (χ3n) is 2.35. The Morgan fingerprint density at radius 2 is 2.18 bits per heavy atom. The predicted molar refractivity (Wildman–Crippen MR) is 61.0 cm³/mol. The molecular weight excluding hydrogens is 224 g/mol. The molecule has 0 aromatic heterocycles. The molecule has 1 aliphatic rings. The second kappa shape index (κ2) is 4.50. The lowest BCUT2D eigenvalue weighted by Gasteiger charge is -2.09. The third-order valence-corrected chi connectivity index (χ3v) is 2.35. The van der Waals surface area contributed by atoms with Gasteiger partial charge in [0.1, 0.15) is 0 Å². The summed E-state index contributed by atoms with van der Waals surface area (Å²) in [6.45, 7) is 1.89. The molecule has 0 spiro atoms. The van der Waals surface area contributed by atoms with Crippen molar-refractivity contribution < 1.29 is 19.4 Å². The van der Waals surface area contributed by atoms with E-state index >= 15 is 0 Å². The van der Waals surface area contributed by atoms with E-state index in [0.29, 0.717) is 22.7 Å². The number of carbonyl (C=O) groups is 1. The maximum atomic E-state index is 11.8. The smallest absolute Gasteiger partial charge is 0.253 e. The number of fused-ring (bicyclic) bond motifs is 1. The van der Waals surface area contributed by atoms with Gasteiger partial charge in [-0.25, -0.2) is 0 Å². The summed E-state index contributed by atoms with van der Waals surface area (Å²) >= 11 is 0. The Balaban J connectivity index is 2.18. The number of rotatable bonds is 3. The Morgan fingerprint density at radius 1 is 1.53 bits per heavy atom. The molecule has 2 rings (SSSR count). The summed E-state index contributed by atoms with van der Waals surface area (Å²) in [4.78, 5) is 11.8. The fourth-order valence-electron chi connectivity index (χ4n) is 1.49. The maximum Gasteiger partial charge on any atom is 0.253 e. The molecule has 0 saturated heterocycles. The van der Waals surface area contributed by atoms with Crippen LogP contribution in [0.2, 0.25) is 0 Å². The van der Waals surface area contributed by atoms with Crippen molar-refractivity contribution in [3.05, 3.63) is 17.7 Å². The Morgan fingerprint density at radius 3 is 2.82 bits per heavy atom.